The van der Waals surface area contributed by atoms with Gasteiger partial charge in [0.15, 0.2) is 0 Å². The Labute approximate surface area is 110 Å². The van der Waals surface area contributed by atoms with Crippen LogP contribution in [-0.2, 0) is 4.74 Å². The smallest absolute Gasteiger partial charge is 0.101 e. The van der Waals surface area contributed by atoms with E-state index in [4.69, 9.17) is 4.74 Å². The normalized spacial score (nSPS) is 54.8. The second kappa shape index (κ2) is 3.71. The summed E-state index contributed by atoms with van der Waals surface area (Å²) in [5, 5.41) is 0. The summed E-state index contributed by atoms with van der Waals surface area (Å²) in [4.78, 5) is 0. The van der Waals surface area contributed by atoms with Gasteiger partial charge in [-0.05, 0) is 61.7 Å². The second-order valence-electron chi connectivity index (χ2n) is 8.09. The predicted octanol–water partition coefficient (Wildman–Crippen LogP) is 4.36. The first kappa shape index (κ1) is 12.9. The van der Waals surface area contributed by atoms with Crippen molar-refractivity contribution in [1.29, 1.82) is 0 Å². The Kier molecular flexibility index (Phi) is 2.66. The van der Waals surface area contributed by atoms with E-state index < -0.39 is 6.17 Å². The van der Waals surface area contributed by atoms with Gasteiger partial charge in [0.05, 0.1) is 5.60 Å². The maximum absolute atomic E-state index is 14.2. The number of hydrogen-bond donors (Lipinski definition) is 0. The second-order valence-corrected chi connectivity index (χ2v) is 8.09. The molecule has 0 bridgehead atoms. The fourth-order valence-corrected chi connectivity index (χ4v) is 5.92. The van der Waals surface area contributed by atoms with Gasteiger partial charge in [-0.2, -0.15) is 0 Å². The minimum absolute atomic E-state index is 0.0262. The van der Waals surface area contributed by atoms with E-state index in [1.165, 1.54) is 6.42 Å². The molecule has 104 valence electrons. The van der Waals surface area contributed by atoms with Gasteiger partial charge >= 0.3 is 0 Å². The van der Waals surface area contributed by atoms with Crippen LogP contribution in [0.2, 0.25) is 0 Å². The van der Waals surface area contributed by atoms with Crippen molar-refractivity contribution < 1.29 is 9.13 Å². The van der Waals surface area contributed by atoms with Gasteiger partial charge in [-0.3, -0.25) is 0 Å². The molecule has 2 saturated carbocycles. The van der Waals surface area contributed by atoms with Crippen LogP contribution in [0, 0.1) is 22.7 Å². The van der Waals surface area contributed by atoms with Crippen LogP contribution in [0.3, 0.4) is 0 Å². The van der Waals surface area contributed by atoms with Crippen molar-refractivity contribution in [3.63, 3.8) is 0 Å². The Bertz CT molecular complexity index is 349. The molecule has 3 fully saturated rings. The fraction of sp³-hybridized carbons (Fsp3) is 1.00. The molecule has 1 saturated heterocycles. The minimum Gasteiger partial charge on any atom is -0.375 e. The van der Waals surface area contributed by atoms with Crippen molar-refractivity contribution in [1.82, 2.24) is 0 Å². The van der Waals surface area contributed by atoms with E-state index in [9.17, 15) is 4.39 Å². The zero-order valence-electron chi connectivity index (χ0n) is 12.3. The molecular formula is C16H27FO. The zero-order valence-corrected chi connectivity index (χ0v) is 12.3. The third-order valence-corrected chi connectivity index (χ3v) is 6.45. The van der Waals surface area contributed by atoms with Gasteiger partial charge < -0.3 is 4.74 Å². The Balaban J connectivity index is 2.00. The van der Waals surface area contributed by atoms with Crippen molar-refractivity contribution in [3.05, 3.63) is 0 Å². The molecule has 2 heteroatoms. The highest BCUT2D eigenvalue weighted by atomic mass is 19.1. The summed E-state index contributed by atoms with van der Waals surface area (Å²) in [6, 6.07) is 0. The Morgan fingerprint density at radius 2 is 1.72 bits per heavy atom. The third kappa shape index (κ3) is 1.60. The van der Waals surface area contributed by atoms with E-state index >= 15 is 0 Å². The van der Waals surface area contributed by atoms with E-state index in [1.807, 2.05) is 0 Å². The Morgan fingerprint density at radius 1 is 1.00 bits per heavy atom. The van der Waals surface area contributed by atoms with E-state index in [0.29, 0.717) is 11.8 Å². The summed E-state index contributed by atoms with van der Waals surface area (Å²) in [5.74, 6) is 1.22. The first-order chi connectivity index (χ1) is 8.28. The van der Waals surface area contributed by atoms with Crippen molar-refractivity contribution in [2.45, 2.75) is 71.6 Å². The lowest BCUT2D eigenvalue weighted by molar-refractivity contribution is -0.161. The Morgan fingerprint density at radius 3 is 2.44 bits per heavy atom. The molecule has 1 heterocycles. The van der Waals surface area contributed by atoms with Crippen LogP contribution in [0.5, 0.6) is 0 Å². The highest BCUT2D eigenvalue weighted by Crippen LogP contribution is 2.65. The maximum Gasteiger partial charge on any atom is 0.101 e. The lowest BCUT2D eigenvalue weighted by atomic mass is 9.45. The molecule has 0 aromatic rings. The van der Waals surface area contributed by atoms with Gasteiger partial charge in [-0.15, -0.1) is 0 Å². The van der Waals surface area contributed by atoms with Gasteiger partial charge in [0.1, 0.15) is 6.17 Å². The lowest BCUT2D eigenvalue weighted by Crippen LogP contribution is -2.57. The van der Waals surface area contributed by atoms with E-state index in [-0.39, 0.29) is 16.4 Å². The summed E-state index contributed by atoms with van der Waals surface area (Å²) in [6.07, 6.45) is 4.39. The van der Waals surface area contributed by atoms with Crippen molar-refractivity contribution >= 4 is 0 Å². The third-order valence-electron chi connectivity index (χ3n) is 6.45. The van der Waals surface area contributed by atoms with Gasteiger partial charge in [-0.1, -0.05) is 20.8 Å². The van der Waals surface area contributed by atoms with Crippen molar-refractivity contribution in [2.24, 2.45) is 22.7 Å². The van der Waals surface area contributed by atoms with Crippen LogP contribution in [0.25, 0.3) is 0 Å². The maximum atomic E-state index is 14.2. The summed E-state index contributed by atoms with van der Waals surface area (Å²) < 4.78 is 20.3. The number of rotatable bonds is 0. The number of fused-ring (bicyclic) bond motifs is 3. The summed E-state index contributed by atoms with van der Waals surface area (Å²) in [6.45, 7) is 10.0. The quantitative estimate of drug-likeness (QED) is 0.624. The molecule has 3 rings (SSSR count). The summed E-state index contributed by atoms with van der Waals surface area (Å²) in [5.41, 5.74) is 0.319. The van der Waals surface area contributed by atoms with Gasteiger partial charge in [0.2, 0.25) is 0 Å². The van der Waals surface area contributed by atoms with Crippen LogP contribution in [0.4, 0.5) is 4.39 Å². The molecule has 1 nitrogen and oxygen atoms in total. The standard InChI is InChI=1S/C16H27FO/c1-14(2)9-11(17)10-15(3)12(14)5-7-16(4)13(15)6-8-18-16/h11-13H,5-10H2,1-4H3/t11-,12-,13+,15-,16+/m0/s1. The number of hydrogen-bond acceptors (Lipinski definition) is 1. The van der Waals surface area contributed by atoms with Gasteiger partial charge in [0, 0.05) is 6.61 Å². The molecule has 1 aliphatic heterocycles. The largest absolute Gasteiger partial charge is 0.375 e. The van der Waals surface area contributed by atoms with E-state index in [0.717, 1.165) is 32.3 Å². The first-order valence-electron chi connectivity index (χ1n) is 7.56. The van der Waals surface area contributed by atoms with Crippen LogP contribution in [-0.4, -0.2) is 18.4 Å². The predicted molar refractivity (Wildman–Crippen MR) is 71.2 cm³/mol. The Hall–Kier alpha value is -0.110. The highest BCUT2D eigenvalue weighted by molar-refractivity contribution is 5.10. The van der Waals surface area contributed by atoms with Crippen molar-refractivity contribution in [3.8, 4) is 0 Å². The SMILES string of the molecule is CC1(C)C[C@H](F)C[C@]2(C)[C@H]3CCO[C@]3(C)CC[C@@H]12. The molecule has 0 aromatic heterocycles. The van der Waals surface area contributed by atoms with Crippen LogP contribution in [0.15, 0.2) is 0 Å². The molecule has 0 radical (unpaired) electrons. The summed E-state index contributed by atoms with van der Waals surface area (Å²) in [7, 11) is 0. The molecule has 0 aromatic carbocycles. The van der Waals surface area contributed by atoms with E-state index in [1.54, 1.807) is 0 Å². The molecule has 5 atom stereocenters. The molecule has 0 N–H and O–H groups in total. The minimum atomic E-state index is -0.621. The monoisotopic (exact) mass is 254 g/mol. The van der Waals surface area contributed by atoms with Gasteiger partial charge in [0.25, 0.3) is 0 Å². The van der Waals surface area contributed by atoms with Crippen LogP contribution < -0.4 is 0 Å². The van der Waals surface area contributed by atoms with Gasteiger partial charge in [-0.25, -0.2) is 4.39 Å². The first-order valence-corrected chi connectivity index (χ1v) is 7.56. The topological polar surface area (TPSA) is 9.23 Å². The molecule has 3 aliphatic rings. The summed E-state index contributed by atoms with van der Waals surface area (Å²) >= 11 is 0. The molecule has 0 unspecified atom stereocenters. The number of alkyl halides is 1. The zero-order chi connectivity index (χ0) is 13.2. The molecular weight excluding hydrogens is 227 g/mol. The fourth-order valence-electron chi connectivity index (χ4n) is 5.92. The molecule has 0 amide bonds. The average molecular weight is 254 g/mol. The highest BCUT2D eigenvalue weighted by Gasteiger charge is 2.61. The van der Waals surface area contributed by atoms with Crippen LogP contribution >= 0.6 is 0 Å². The number of halogens is 1. The van der Waals surface area contributed by atoms with Crippen LogP contribution in [0.1, 0.15) is 59.8 Å². The molecule has 18 heavy (non-hydrogen) atoms. The van der Waals surface area contributed by atoms with E-state index in [2.05, 4.69) is 27.7 Å². The number of ether oxygens (including phenoxy) is 1. The average Bonchev–Trinajstić information content (AvgIpc) is 2.58. The molecule has 2 aliphatic carbocycles. The lowest BCUT2D eigenvalue weighted by Gasteiger charge is -2.60. The van der Waals surface area contributed by atoms with Crippen molar-refractivity contribution in [2.75, 3.05) is 6.61 Å². The molecule has 0 spiro atoms.